The van der Waals surface area contributed by atoms with Crippen molar-refractivity contribution in [3.8, 4) is 0 Å². The highest BCUT2D eigenvalue weighted by Gasteiger charge is 2.06. The highest BCUT2D eigenvalue weighted by Crippen LogP contribution is 2.08. The number of carbonyl (C=O) groups excluding carboxylic acids is 1. The molecule has 0 saturated heterocycles. The number of hydrogen-bond acceptors (Lipinski definition) is 2. The Hall–Kier alpha value is -1.30. The lowest BCUT2D eigenvalue weighted by Gasteiger charge is -2.13. The van der Waals surface area contributed by atoms with Gasteiger partial charge >= 0.3 is 6.03 Å². The largest absolute Gasteiger partial charge is 0.338 e. The molecule has 1 aromatic rings. The zero-order valence-corrected chi connectivity index (χ0v) is 11.8. The standard InChI is InChI=1S/C13H18F2N2OS/c1-9(8-19-2)17-13(18)16-6-5-10-3-4-11(14)12(15)7-10/h3-4,7,9H,5-6,8H2,1-2H3,(H2,16,17,18)/t9-/m0/s1. The average molecular weight is 288 g/mol. The van der Waals surface area contributed by atoms with Crippen molar-refractivity contribution < 1.29 is 13.6 Å². The monoisotopic (exact) mass is 288 g/mol. The van der Waals surface area contributed by atoms with Gasteiger partial charge in [0, 0.05) is 18.3 Å². The molecule has 0 aliphatic carbocycles. The summed E-state index contributed by atoms with van der Waals surface area (Å²) in [7, 11) is 0. The molecule has 0 heterocycles. The zero-order chi connectivity index (χ0) is 14.3. The lowest BCUT2D eigenvalue weighted by molar-refractivity contribution is 0.239. The lowest BCUT2D eigenvalue weighted by atomic mass is 10.1. The van der Waals surface area contributed by atoms with E-state index in [0.717, 1.165) is 17.9 Å². The van der Waals surface area contributed by atoms with E-state index in [1.54, 1.807) is 11.8 Å². The molecule has 0 bridgehead atoms. The van der Waals surface area contributed by atoms with Gasteiger partial charge in [0.25, 0.3) is 0 Å². The van der Waals surface area contributed by atoms with Crippen molar-refractivity contribution in [1.82, 2.24) is 10.6 Å². The predicted octanol–water partition coefficient (Wildman–Crippen LogP) is 2.56. The van der Waals surface area contributed by atoms with Crippen LogP contribution in [0.3, 0.4) is 0 Å². The van der Waals surface area contributed by atoms with Gasteiger partial charge in [0.15, 0.2) is 11.6 Å². The Morgan fingerprint density at radius 2 is 2.11 bits per heavy atom. The van der Waals surface area contributed by atoms with Crippen LogP contribution in [0.2, 0.25) is 0 Å². The highest BCUT2D eigenvalue weighted by molar-refractivity contribution is 7.98. The molecule has 2 N–H and O–H groups in total. The van der Waals surface area contributed by atoms with Crippen LogP contribution in [-0.2, 0) is 6.42 Å². The van der Waals surface area contributed by atoms with Crippen molar-refractivity contribution in [2.75, 3.05) is 18.6 Å². The Kier molecular flexibility index (Phi) is 6.62. The zero-order valence-electron chi connectivity index (χ0n) is 11.0. The van der Waals surface area contributed by atoms with Gasteiger partial charge in [0.2, 0.25) is 0 Å². The van der Waals surface area contributed by atoms with Gasteiger partial charge in [-0.3, -0.25) is 0 Å². The van der Waals surface area contributed by atoms with E-state index >= 15 is 0 Å². The first kappa shape index (κ1) is 15.8. The summed E-state index contributed by atoms with van der Waals surface area (Å²) in [6, 6.07) is 3.59. The quantitative estimate of drug-likeness (QED) is 0.844. The first-order valence-electron chi connectivity index (χ1n) is 6.00. The van der Waals surface area contributed by atoms with Gasteiger partial charge in [-0.2, -0.15) is 11.8 Å². The molecule has 1 rings (SSSR count). The number of nitrogens with one attached hydrogen (secondary N) is 2. The maximum atomic E-state index is 12.9. The predicted molar refractivity (Wildman–Crippen MR) is 74.4 cm³/mol. The summed E-state index contributed by atoms with van der Waals surface area (Å²) in [5.41, 5.74) is 0.649. The maximum absolute atomic E-state index is 12.9. The number of benzene rings is 1. The Morgan fingerprint density at radius 1 is 1.37 bits per heavy atom. The molecule has 6 heteroatoms. The van der Waals surface area contributed by atoms with Crippen LogP contribution in [0.4, 0.5) is 13.6 Å². The van der Waals surface area contributed by atoms with Gasteiger partial charge in [-0.1, -0.05) is 6.07 Å². The van der Waals surface area contributed by atoms with Gasteiger partial charge in [-0.05, 0) is 37.3 Å². The third kappa shape index (κ3) is 5.92. The lowest BCUT2D eigenvalue weighted by Crippen LogP contribution is -2.42. The summed E-state index contributed by atoms with van der Waals surface area (Å²) < 4.78 is 25.7. The van der Waals surface area contributed by atoms with E-state index in [9.17, 15) is 13.6 Å². The van der Waals surface area contributed by atoms with Gasteiger partial charge in [0.05, 0.1) is 0 Å². The van der Waals surface area contributed by atoms with Crippen LogP contribution < -0.4 is 10.6 Å². The van der Waals surface area contributed by atoms with Crippen LogP contribution in [0.15, 0.2) is 18.2 Å². The van der Waals surface area contributed by atoms with Crippen LogP contribution in [0.5, 0.6) is 0 Å². The molecule has 0 spiro atoms. The molecular weight excluding hydrogens is 270 g/mol. The van der Waals surface area contributed by atoms with Crippen LogP contribution in [0, 0.1) is 11.6 Å². The van der Waals surface area contributed by atoms with E-state index in [2.05, 4.69) is 10.6 Å². The van der Waals surface area contributed by atoms with Crippen molar-refractivity contribution in [3.05, 3.63) is 35.4 Å². The van der Waals surface area contributed by atoms with Crippen molar-refractivity contribution in [2.45, 2.75) is 19.4 Å². The van der Waals surface area contributed by atoms with Gasteiger partial charge < -0.3 is 10.6 Å². The molecule has 0 aliphatic heterocycles. The van der Waals surface area contributed by atoms with Crippen molar-refractivity contribution >= 4 is 17.8 Å². The van der Waals surface area contributed by atoms with Crippen molar-refractivity contribution in [1.29, 1.82) is 0 Å². The average Bonchev–Trinajstić information content (AvgIpc) is 2.34. The van der Waals surface area contributed by atoms with Crippen LogP contribution in [-0.4, -0.2) is 30.6 Å². The first-order chi connectivity index (χ1) is 9.02. The smallest absolute Gasteiger partial charge is 0.315 e. The molecule has 106 valence electrons. The number of hydrogen-bond donors (Lipinski definition) is 2. The van der Waals surface area contributed by atoms with E-state index in [1.165, 1.54) is 6.07 Å². The Bertz CT molecular complexity index is 429. The first-order valence-corrected chi connectivity index (χ1v) is 7.39. The molecule has 2 amide bonds. The normalized spacial score (nSPS) is 12.0. The molecule has 19 heavy (non-hydrogen) atoms. The van der Waals surface area contributed by atoms with E-state index < -0.39 is 11.6 Å². The highest BCUT2D eigenvalue weighted by atomic mass is 32.2. The van der Waals surface area contributed by atoms with Gasteiger partial charge in [0.1, 0.15) is 0 Å². The minimum atomic E-state index is -0.865. The Labute approximate surface area is 116 Å². The number of urea groups is 1. The molecule has 1 atom stereocenters. The summed E-state index contributed by atoms with van der Waals surface area (Å²) in [5.74, 6) is -0.882. The van der Waals surface area contributed by atoms with Crippen molar-refractivity contribution in [2.24, 2.45) is 0 Å². The molecule has 0 radical (unpaired) electrons. The van der Waals surface area contributed by atoms with E-state index in [4.69, 9.17) is 0 Å². The third-order valence-corrected chi connectivity index (χ3v) is 3.31. The van der Waals surface area contributed by atoms with Crippen molar-refractivity contribution in [3.63, 3.8) is 0 Å². The molecule has 0 aromatic heterocycles. The fourth-order valence-electron chi connectivity index (χ4n) is 1.58. The van der Waals surface area contributed by atoms with E-state index in [0.29, 0.717) is 18.5 Å². The Morgan fingerprint density at radius 3 is 2.74 bits per heavy atom. The minimum absolute atomic E-state index is 0.0956. The van der Waals surface area contributed by atoms with Gasteiger partial charge in [-0.15, -0.1) is 0 Å². The number of rotatable bonds is 6. The topological polar surface area (TPSA) is 41.1 Å². The van der Waals surface area contributed by atoms with E-state index in [1.807, 2.05) is 13.2 Å². The summed E-state index contributed by atoms with van der Waals surface area (Å²) in [4.78, 5) is 11.5. The summed E-state index contributed by atoms with van der Waals surface area (Å²) in [6.45, 7) is 2.30. The molecule has 0 unspecified atom stereocenters. The maximum Gasteiger partial charge on any atom is 0.315 e. The van der Waals surface area contributed by atoms with Gasteiger partial charge in [-0.25, -0.2) is 13.6 Å². The van der Waals surface area contributed by atoms with Crippen LogP contribution >= 0.6 is 11.8 Å². The number of amides is 2. The molecule has 1 aromatic carbocycles. The summed E-state index contributed by atoms with van der Waals surface area (Å²) in [5, 5.41) is 5.46. The third-order valence-electron chi connectivity index (χ3n) is 2.48. The number of carbonyl (C=O) groups is 1. The number of halogens is 2. The summed E-state index contributed by atoms with van der Waals surface area (Å²) in [6.07, 6.45) is 2.43. The SMILES string of the molecule is CSC[C@H](C)NC(=O)NCCc1ccc(F)c(F)c1. The second-order valence-electron chi connectivity index (χ2n) is 4.26. The fraction of sp³-hybridized carbons (Fsp3) is 0.462. The second-order valence-corrected chi connectivity index (χ2v) is 5.17. The molecular formula is C13H18F2N2OS. The fourth-order valence-corrected chi connectivity index (χ4v) is 2.17. The molecule has 0 aliphatic rings. The minimum Gasteiger partial charge on any atom is -0.338 e. The molecule has 3 nitrogen and oxygen atoms in total. The van der Waals surface area contributed by atoms with E-state index in [-0.39, 0.29) is 12.1 Å². The molecule has 0 saturated carbocycles. The van der Waals surface area contributed by atoms with Crippen LogP contribution in [0.1, 0.15) is 12.5 Å². The Balaban J connectivity index is 2.29. The van der Waals surface area contributed by atoms with Crippen LogP contribution in [0.25, 0.3) is 0 Å². The summed E-state index contributed by atoms with van der Waals surface area (Å²) >= 11 is 1.66. The second kappa shape index (κ2) is 7.99. The number of thioether (sulfide) groups is 1. The molecule has 0 fully saturated rings.